The second-order valence-electron chi connectivity index (χ2n) is 8.41. The number of benzene rings is 3. The van der Waals surface area contributed by atoms with Crippen LogP contribution in [0.1, 0.15) is 22.8 Å². The average Bonchev–Trinajstić information content (AvgIpc) is 3.26. The van der Waals surface area contributed by atoms with Crippen LogP contribution in [0.25, 0.3) is 0 Å². The molecule has 5 nitrogen and oxygen atoms in total. The highest BCUT2D eigenvalue weighted by Gasteiger charge is 2.21. The van der Waals surface area contributed by atoms with Crippen molar-refractivity contribution in [3.8, 4) is 0 Å². The molecule has 0 saturated carbocycles. The Kier molecular flexibility index (Phi) is 8.58. The normalized spacial score (nSPS) is 13.8. The molecule has 1 atom stereocenters. The zero-order chi connectivity index (χ0) is 24.8. The number of ether oxygens (including phenoxy) is 1. The van der Waals surface area contributed by atoms with Crippen molar-refractivity contribution in [3.63, 3.8) is 0 Å². The Hall–Kier alpha value is -2.70. The molecular formula is C27H26Cl3N3O2. The molecule has 0 radical (unpaired) electrons. The Bertz CT molecular complexity index is 1200. The predicted octanol–water partition coefficient (Wildman–Crippen LogP) is 6.90. The number of carbonyl (C=O) groups is 1. The number of para-hydroxylation sites is 1. The van der Waals surface area contributed by atoms with Gasteiger partial charge in [0, 0.05) is 39.7 Å². The minimum Gasteiger partial charge on any atom is -0.367 e. The topological polar surface area (TPSA) is 44.8 Å². The van der Waals surface area contributed by atoms with Crippen LogP contribution in [0.4, 0.5) is 5.69 Å². The fourth-order valence-corrected chi connectivity index (χ4v) is 4.39. The van der Waals surface area contributed by atoms with E-state index >= 15 is 0 Å². The van der Waals surface area contributed by atoms with Crippen molar-refractivity contribution in [1.82, 2.24) is 9.80 Å². The van der Waals surface area contributed by atoms with Crippen LogP contribution in [-0.4, -0.2) is 35.5 Å². The molecule has 1 heterocycles. The molecule has 1 aliphatic heterocycles. The summed E-state index contributed by atoms with van der Waals surface area (Å²) in [7, 11) is 0. The molecule has 1 unspecified atom stereocenters. The second kappa shape index (κ2) is 11.8. The Balaban J connectivity index is 1.37. The van der Waals surface area contributed by atoms with Crippen molar-refractivity contribution in [2.24, 2.45) is 0 Å². The first kappa shape index (κ1) is 25.4. The fourth-order valence-electron chi connectivity index (χ4n) is 3.80. The molecule has 8 heteroatoms. The number of hydrogen-bond donors (Lipinski definition) is 1. The molecule has 1 amide bonds. The van der Waals surface area contributed by atoms with Gasteiger partial charge in [-0.1, -0.05) is 71.2 Å². The smallest absolute Gasteiger partial charge is 0.243 e. The van der Waals surface area contributed by atoms with Gasteiger partial charge in [0.2, 0.25) is 5.91 Å². The lowest BCUT2D eigenvalue weighted by molar-refractivity contribution is -0.116. The Morgan fingerprint density at radius 1 is 0.971 bits per heavy atom. The summed E-state index contributed by atoms with van der Waals surface area (Å²) in [6.45, 7) is 3.74. The van der Waals surface area contributed by atoms with Crippen molar-refractivity contribution in [1.29, 1.82) is 0 Å². The van der Waals surface area contributed by atoms with Crippen LogP contribution < -0.4 is 5.32 Å². The maximum absolute atomic E-state index is 12.6. The number of rotatable bonds is 9. The van der Waals surface area contributed by atoms with E-state index in [1.165, 1.54) is 0 Å². The van der Waals surface area contributed by atoms with Crippen molar-refractivity contribution in [3.05, 3.63) is 111 Å². The van der Waals surface area contributed by atoms with Crippen LogP contribution in [0.15, 0.2) is 79.1 Å². The van der Waals surface area contributed by atoms with Gasteiger partial charge in [0.1, 0.15) is 6.10 Å². The van der Waals surface area contributed by atoms with Crippen LogP contribution in [0.2, 0.25) is 15.1 Å². The molecule has 0 aromatic heterocycles. The number of amides is 1. The zero-order valence-corrected chi connectivity index (χ0v) is 21.5. The summed E-state index contributed by atoms with van der Waals surface area (Å²) in [4.78, 5) is 16.6. The molecule has 0 saturated heterocycles. The van der Waals surface area contributed by atoms with E-state index in [0.717, 1.165) is 22.4 Å². The number of carbonyl (C=O) groups excluding carboxylic acids is 1. The minimum absolute atomic E-state index is 0.0614. The second-order valence-corrected chi connectivity index (χ2v) is 9.69. The van der Waals surface area contributed by atoms with Crippen LogP contribution in [-0.2, 0) is 16.1 Å². The summed E-state index contributed by atoms with van der Waals surface area (Å²) in [5.41, 5.74) is 3.72. The lowest BCUT2D eigenvalue weighted by atomic mass is 10.1. The molecule has 0 bridgehead atoms. The Morgan fingerprint density at radius 3 is 2.43 bits per heavy atom. The van der Waals surface area contributed by atoms with E-state index in [2.05, 4.69) is 10.2 Å². The van der Waals surface area contributed by atoms with Gasteiger partial charge in [0.15, 0.2) is 0 Å². The van der Waals surface area contributed by atoms with Crippen molar-refractivity contribution < 1.29 is 9.53 Å². The van der Waals surface area contributed by atoms with E-state index in [1.54, 1.807) is 12.1 Å². The van der Waals surface area contributed by atoms with Crippen LogP contribution in [0.3, 0.4) is 0 Å². The molecular weight excluding hydrogens is 505 g/mol. The molecule has 1 aliphatic rings. The molecule has 4 rings (SSSR count). The quantitative estimate of drug-likeness (QED) is 0.327. The van der Waals surface area contributed by atoms with E-state index in [1.807, 2.05) is 78.8 Å². The third-order valence-corrected chi connectivity index (χ3v) is 6.55. The molecule has 3 aromatic carbocycles. The van der Waals surface area contributed by atoms with Gasteiger partial charge in [-0.25, -0.2) is 0 Å². The van der Waals surface area contributed by atoms with Crippen LogP contribution in [0.5, 0.6) is 0 Å². The van der Waals surface area contributed by atoms with E-state index in [-0.39, 0.29) is 18.6 Å². The maximum atomic E-state index is 12.6. The van der Waals surface area contributed by atoms with Crippen molar-refractivity contribution >= 4 is 46.4 Å². The predicted molar refractivity (Wildman–Crippen MR) is 143 cm³/mol. The van der Waals surface area contributed by atoms with Gasteiger partial charge in [0.05, 0.1) is 19.8 Å². The monoisotopic (exact) mass is 529 g/mol. The number of nitrogens with one attached hydrogen (secondary N) is 1. The van der Waals surface area contributed by atoms with E-state index < -0.39 is 0 Å². The third kappa shape index (κ3) is 7.15. The molecule has 0 spiro atoms. The van der Waals surface area contributed by atoms with E-state index in [9.17, 15) is 4.79 Å². The summed E-state index contributed by atoms with van der Waals surface area (Å²) in [6.07, 6.45) is 3.67. The van der Waals surface area contributed by atoms with Gasteiger partial charge in [-0.05, 0) is 53.9 Å². The lowest BCUT2D eigenvalue weighted by Crippen LogP contribution is -2.34. The summed E-state index contributed by atoms with van der Waals surface area (Å²) in [5.74, 6) is -0.0614. The highest BCUT2D eigenvalue weighted by molar-refractivity contribution is 6.35. The highest BCUT2D eigenvalue weighted by atomic mass is 35.5. The Morgan fingerprint density at radius 2 is 1.69 bits per heavy atom. The number of nitrogens with zero attached hydrogens (tertiary/aromatic N) is 2. The summed E-state index contributed by atoms with van der Waals surface area (Å²) in [5, 5.41) is 4.80. The average molecular weight is 531 g/mol. The van der Waals surface area contributed by atoms with Gasteiger partial charge < -0.3 is 19.9 Å². The standard InChI is InChI=1S/C27H26Cl3N3O2/c1-19-4-2-3-5-25(19)31-27(34)16-33-13-12-32(18-33)15-26(20-6-9-22(28)10-7-20)35-17-21-8-11-23(29)14-24(21)30/h2-14,26H,15-18H2,1H3,(H,31,34). The van der Waals surface area contributed by atoms with Crippen LogP contribution >= 0.6 is 34.8 Å². The van der Waals surface area contributed by atoms with Gasteiger partial charge in [-0.3, -0.25) is 4.79 Å². The van der Waals surface area contributed by atoms with Gasteiger partial charge in [-0.15, -0.1) is 0 Å². The summed E-state index contributed by atoms with van der Waals surface area (Å²) >= 11 is 18.5. The minimum atomic E-state index is -0.232. The zero-order valence-electron chi connectivity index (χ0n) is 19.3. The summed E-state index contributed by atoms with van der Waals surface area (Å²) < 4.78 is 6.30. The highest BCUT2D eigenvalue weighted by Crippen LogP contribution is 2.27. The largest absolute Gasteiger partial charge is 0.367 e. The summed E-state index contributed by atoms with van der Waals surface area (Å²) in [6, 6.07) is 20.7. The number of hydrogen-bond acceptors (Lipinski definition) is 4. The maximum Gasteiger partial charge on any atom is 0.243 e. The Labute approximate surface area is 220 Å². The molecule has 35 heavy (non-hydrogen) atoms. The van der Waals surface area contributed by atoms with E-state index in [0.29, 0.717) is 34.9 Å². The van der Waals surface area contributed by atoms with Crippen molar-refractivity contribution in [2.75, 3.05) is 25.1 Å². The first-order chi connectivity index (χ1) is 16.9. The number of aryl methyl sites for hydroxylation is 1. The number of halogens is 3. The molecule has 3 aromatic rings. The lowest BCUT2D eigenvalue weighted by Gasteiger charge is -2.26. The van der Waals surface area contributed by atoms with Crippen LogP contribution in [0, 0.1) is 6.92 Å². The van der Waals surface area contributed by atoms with Gasteiger partial charge >= 0.3 is 0 Å². The fraction of sp³-hybridized carbons (Fsp3) is 0.222. The van der Waals surface area contributed by atoms with E-state index in [4.69, 9.17) is 39.5 Å². The third-order valence-electron chi connectivity index (χ3n) is 5.71. The first-order valence-electron chi connectivity index (χ1n) is 11.2. The molecule has 182 valence electrons. The molecule has 1 N–H and O–H groups in total. The number of anilines is 1. The van der Waals surface area contributed by atoms with Gasteiger partial charge in [0.25, 0.3) is 0 Å². The molecule has 0 aliphatic carbocycles. The first-order valence-corrected chi connectivity index (χ1v) is 12.3. The van der Waals surface area contributed by atoms with Gasteiger partial charge in [-0.2, -0.15) is 0 Å². The SMILES string of the molecule is Cc1ccccc1NC(=O)CN1C=CN(CC(OCc2ccc(Cl)cc2Cl)c2ccc(Cl)cc2)C1. The van der Waals surface area contributed by atoms with Crippen molar-refractivity contribution in [2.45, 2.75) is 19.6 Å². The molecule has 0 fully saturated rings.